The number of rotatable bonds is 5. The zero-order chi connectivity index (χ0) is 20.3. The van der Waals surface area contributed by atoms with Crippen LogP contribution in [0.3, 0.4) is 0 Å². The van der Waals surface area contributed by atoms with Gasteiger partial charge in [-0.05, 0) is 61.4 Å². The first-order valence-electron chi connectivity index (χ1n) is 9.93. The van der Waals surface area contributed by atoms with Gasteiger partial charge in [-0.15, -0.1) is 5.10 Å². The maximum atomic E-state index is 5.94. The number of benzene rings is 2. The number of halogens is 1. The van der Waals surface area contributed by atoms with Crippen LogP contribution in [0.25, 0.3) is 22.7 Å². The monoisotopic (exact) mass is 417 g/mol. The Kier molecular flexibility index (Phi) is 5.07. The van der Waals surface area contributed by atoms with Gasteiger partial charge in [-0.2, -0.15) is 0 Å². The van der Waals surface area contributed by atoms with Crippen molar-refractivity contribution in [3.05, 3.63) is 71.8 Å². The van der Waals surface area contributed by atoms with E-state index in [0.29, 0.717) is 16.9 Å². The summed E-state index contributed by atoms with van der Waals surface area (Å²) in [7, 11) is 0. The van der Waals surface area contributed by atoms with Crippen molar-refractivity contribution in [3.8, 4) is 22.7 Å². The minimum Gasteiger partial charge on any atom is -0.403 e. The number of nitrogens with one attached hydrogen (secondary N) is 1. The van der Waals surface area contributed by atoms with Gasteiger partial charge in [0.2, 0.25) is 5.89 Å². The molecule has 1 fully saturated rings. The Balaban J connectivity index is 1.36. The Morgan fingerprint density at radius 2 is 1.67 bits per heavy atom. The fourth-order valence-corrected chi connectivity index (χ4v) is 3.69. The van der Waals surface area contributed by atoms with Crippen molar-refractivity contribution in [2.75, 3.05) is 23.3 Å². The molecule has 3 heterocycles. The van der Waals surface area contributed by atoms with Crippen molar-refractivity contribution < 1.29 is 4.42 Å². The molecule has 0 bridgehead atoms. The van der Waals surface area contributed by atoms with E-state index in [2.05, 4.69) is 32.5 Å². The lowest BCUT2D eigenvalue weighted by Gasteiger charge is -2.17. The molecule has 1 aliphatic heterocycles. The first-order valence-corrected chi connectivity index (χ1v) is 10.3. The van der Waals surface area contributed by atoms with Crippen LogP contribution in [0, 0.1) is 0 Å². The molecular formula is C23H20ClN5O. The number of hydrogen-bond donors (Lipinski definition) is 1. The summed E-state index contributed by atoms with van der Waals surface area (Å²) in [6, 6.07) is 21.8. The second-order valence-corrected chi connectivity index (χ2v) is 7.64. The minimum absolute atomic E-state index is 0.330. The van der Waals surface area contributed by atoms with Gasteiger partial charge in [-0.25, -0.2) is 4.98 Å². The summed E-state index contributed by atoms with van der Waals surface area (Å²) in [5, 5.41) is 12.0. The van der Waals surface area contributed by atoms with E-state index in [0.717, 1.165) is 41.4 Å². The highest BCUT2D eigenvalue weighted by atomic mass is 35.5. The highest BCUT2D eigenvalue weighted by Crippen LogP contribution is 2.27. The zero-order valence-corrected chi connectivity index (χ0v) is 17.0. The second kappa shape index (κ2) is 8.16. The minimum atomic E-state index is 0.330. The molecule has 6 nitrogen and oxygen atoms in total. The number of anilines is 3. The normalized spacial score (nSPS) is 13.6. The van der Waals surface area contributed by atoms with Crippen LogP contribution in [-0.2, 0) is 0 Å². The number of pyridine rings is 1. The van der Waals surface area contributed by atoms with Gasteiger partial charge >= 0.3 is 6.01 Å². The highest BCUT2D eigenvalue weighted by Gasteiger charge is 2.14. The fraction of sp³-hybridized carbons (Fsp3) is 0.174. The van der Waals surface area contributed by atoms with Gasteiger partial charge in [0, 0.05) is 34.9 Å². The van der Waals surface area contributed by atoms with Gasteiger partial charge in [0.05, 0.1) is 5.69 Å². The summed E-state index contributed by atoms with van der Waals surface area (Å²) < 4.78 is 5.75. The maximum Gasteiger partial charge on any atom is 0.320 e. The molecule has 150 valence electrons. The molecule has 0 unspecified atom stereocenters. The zero-order valence-electron chi connectivity index (χ0n) is 16.3. The van der Waals surface area contributed by atoms with Gasteiger partial charge in [0.25, 0.3) is 0 Å². The van der Waals surface area contributed by atoms with E-state index in [1.165, 1.54) is 12.8 Å². The third-order valence-corrected chi connectivity index (χ3v) is 5.34. The second-order valence-electron chi connectivity index (χ2n) is 7.20. The molecule has 2 aromatic heterocycles. The van der Waals surface area contributed by atoms with Gasteiger partial charge in [0.15, 0.2) is 0 Å². The van der Waals surface area contributed by atoms with E-state index in [1.807, 2.05) is 42.5 Å². The first kappa shape index (κ1) is 18.6. The first-order chi connectivity index (χ1) is 14.7. The third kappa shape index (κ3) is 4.00. The number of nitrogens with zero attached hydrogens (tertiary/aromatic N) is 4. The van der Waals surface area contributed by atoms with E-state index in [-0.39, 0.29) is 0 Å². The molecule has 1 saturated heterocycles. The van der Waals surface area contributed by atoms with E-state index >= 15 is 0 Å². The predicted molar refractivity (Wildman–Crippen MR) is 119 cm³/mol. The van der Waals surface area contributed by atoms with Crippen molar-refractivity contribution in [1.29, 1.82) is 0 Å². The molecule has 2 aromatic carbocycles. The third-order valence-electron chi connectivity index (χ3n) is 5.09. The van der Waals surface area contributed by atoms with Crippen molar-refractivity contribution in [2.24, 2.45) is 0 Å². The molecule has 7 heteroatoms. The van der Waals surface area contributed by atoms with Gasteiger partial charge in [-0.1, -0.05) is 34.9 Å². The molecule has 0 amide bonds. The molecule has 30 heavy (non-hydrogen) atoms. The summed E-state index contributed by atoms with van der Waals surface area (Å²) in [4.78, 5) is 7.20. The average molecular weight is 418 g/mol. The molecule has 5 rings (SSSR count). The van der Waals surface area contributed by atoms with E-state index in [9.17, 15) is 0 Å². The Hall–Kier alpha value is -3.38. The Labute approximate surface area is 179 Å². The lowest BCUT2D eigenvalue weighted by atomic mass is 10.1. The van der Waals surface area contributed by atoms with Crippen molar-refractivity contribution in [1.82, 2.24) is 15.2 Å². The fourth-order valence-electron chi connectivity index (χ4n) is 3.57. The summed E-state index contributed by atoms with van der Waals surface area (Å²) >= 11 is 5.94. The topological polar surface area (TPSA) is 67.1 Å². The van der Waals surface area contributed by atoms with Gasteiger partial charge in [-0.3, -0.25) is 0 Å². The average Bonchev–Trinajstić information content (AvgIpc) is 3.47. The summed E-state index contributed by atoms with van der Waals surface area (Å²) in [6.07, 6.45) is 2.46. The van der Waals surface area contributed by atoms with Crippen LogP contribution >= 0.6 is 11.6 Å². The molecule has 0 atom stereocenters. The van der Waals surface area contributed by atoms with Crippen molar-refractivity contribution >= 4 is 29.1 Å². The Morgan fingerprint density at radius 1 is 0.867 bits per heavy atom. The summed E-state index contributed by atoms with van der Waals surface area (Å²) in [5.41, 5.74) is 3.64. The molecule has 0 aliphatic carbocycles. The van der Waals surface area contributed by atoms with Gasteiger partial charge in [0.1, 0.15) is 5.82 Å². The molecule has 0 radical (unpaired) electrons. The molecule has 4 aromatic rings. The smallest absolute Gasteiger partial charge is 0.320 e. The van der Waals surface area contributed by atoms with Crippen molar-refractivity contribution in [3.63, 3.8) is 0 Å². The standard InChI is InChI=1S/C23H20ClN5O/c24-18-11-9-16(10-12-18)22-27-28-23(30-22)25-19-6-3-5-17(15-19)20-7-4-8-21(26-20)29-13-1-2-14-29/h3-12,15H,1-2,13-14H2,(H,25,28). The SMILES string of the molecule is Clc1ccc(-c2nnc(Nc3cccc(-c4cccc(N5CCCC5)n4)c3)o2)cc1. The van der Waals surface area contributed by atoms with Crippen LogP contribution in [0.5, 0.6) is 0 Å². The van der Waals surface area contributed by atoms with Crippen molar-refractivity contribution in [2.45, 2.75) is 12.8 Å². The largest absolute Gasteiger partial charge is 0.403 e. The Bertz CT molecular complexity index is 1150. The predicted octanol–water partition coefficient (Wildman–Crippen LogP) is 5.80. The summed E-state index contributed by atoms with van der Waals surface area (Å²) in [5.74, 6) is 1.47. The number of hydrogen-bond acceptors (Lipinski definition) is 6. The molecule has 0 saturated carbocycles. The van der Waals surface area contributed by atoms with Crippen LogP contribution in [0.2, 0.25) is 5.02 Å². The van der Waals surface area contributed by atoms with Crippen LogP contribution in [0.4, 0.5) is 17.5 Å². The molecular weight excluding hydrogens is 398 g/mol. The number of aromatic nitrogens is 3. The van der Waals surface area contributed by atoms with Crippen LogP contribution in [0.15, 0.2) is 71.1 Å². The maximum absolute atomic E-state index is 5.94. The van der Waals surface area contributed by atoms with E-state index < -0.39 is 0 Å². The lowest BCUT2D eigenvalue weighted by Crippen LogP contribution is -2.18. The van der Waals surface area contributed by atoms with Crippen LogP contribution < -0.4 is 10.2 Å². The highest BCUT2D eigenvalue weighted by molar-refractivity contribution is 6.30. The van der Waals surface area contributed by atoms with Crippen LogP contribution in [0.1, 0.15) is 12.8 Å². The summed E-state index contributed by atoms with van der Waals surface area (Å²) in [6.45, 7) is 2.15. The van der Waals surface area contributed by atoms with Crippen LogP contribution in [-0.4, -0.2) is 28.3 Å². The van der Waals surface area contributed by atoms with E-state index in [1.54, 1.807) is 12.1 Å². The quantitative estimate of drug-likeness (QED) is 0.443. The molecule has 1 aliphatic rings. The Morgan fingerprint density at radius 3 is 2.50 bits per heavy atom. The molecule has 0 spiro atoms. The van der Waals surface area contributed by atoms with Gasteiger partial charge < -0.3 is 14.6 Å². The van der Waals surface area contributed by atoms with E-state index in [4.69, 9.17) is 21.0 Å². The lowest BCUT2D eigenvalue weighted by molar-refractivity contribution is 0.587. The molecule has 1 N–H and O–H groups in total.